The second-order valence-corrected chi connectivity index (χ2v) is 25.6. The minimum atomic E-state index is -0.220. The molecule has 0 aliphatic carbocycles. The van der Waals surface area contributed by atoms with E-state index < -0.39 is 0 Å². The number of rotatable bonds is 9. The largest absolute Gasteiger partial charge is 0.453 e. The van der Waals surface area contributed by atoms with E-state index >= 15 is 0 Å². The molecule has 0 fully saturated rings. The first kappa shape index (κ1) is 51.8. The maximum atomic E-state index is 7.48. The average Bonchev–Trinajstić information content (AvgIpc) is 1.50. The quantitative estimate of drug-likeness (QED) is 0.133. The van der Waals surface area contributed by atoms with Gasteiger partial charge in [-0.15, -0.1) is 11.3 Å². The monoisotopic (exact) mass is 1200 g/mol. The van der Waals surface area contributed by atoms with E-state index in [0.29, 0.717) is 0 Å². The summed E-state index contributed by atoms with van der Waals surface area (Å²) in [6, 6.07) is 113. The van der Waals surface area contributed by atoms with Crippen LogP contribution >= 0.6 is 22.7 Å². The summed E-state index contributed by atoms with van der Waals surface area (Å²) >= 11 is 3.60. The Morgan fingerprint density at radius 2 is 0.692 bits per heavy atom. The van der Waals surface area contributed by atoms with Crippen LogP contribution in [-0.2, 0) is 0 Å². The zero-order valence-corrected chi connectivity index (χ0v) is 50.6. The number of para-hydroxylation sites is 9. The fourth-order valence-electron chi connectivity index (χ4n) is 14.6. The highest BCUT2D eigenvalue weighted by Crippen LogP contribution is 2.56. The Kier molecular flexibility index (Phi) is 11.8. The van der Waals surface area contributed by atoms with E-state index in [1.807, 2.05) is 11.3 Å². The lowest BCUT2D eigenvalue weighted by atomic mass is 9.32. The van der Waals surface area contributed by atoms with E-state index in [2.05, 4.69) is 334 Å². The summed E-state index contributed by atoms with van der Waals surface area (Å²) in [6.45, 7) is -0.432. The van der Waals surface area contributed by atoms with Crippen LogP contribution in [0.4, 0.5) is 84.6 Å². The second-order valence-electron chi connectivity index (χ2n) is 23.6. The Hall–Kier alpha value is -11.2. The molecule has 7 nitrogen and oxygen atoms in total. The summed E-state index contributed by atoms with van der Waals surface area (Å²) in [5, 5.41) is 2.09. The van der Waals surface area contributed by atoms with Crippen LogP contribution < -0.4 is 66.8 Å². The Bertz CT molecular complexity index is 5090. The van der Waals surface area contributed by atoms with E-state index in [4.69, 9.17) is 9.47 Å². The summed E-state index contributed by atoms with van der Waals surface area (Å²) < 4.78 is 14.2. The van der Waals surface area contributed by atoms with Crippen LogP contribution in [0, 0.1) is 0 Å². The Labute approximate surface area is 536 Å². The van der Waals surface area contributed by atoms with Gasteiger partial charge in [-0.05, 0) is 171 Å². The molecule has 14 aromatic rings. The van der Waals surface area contributed by atoms with Crippen molar-refractivity contribution < 1.29 is 9.47 Å². The molecule has 0 unspecified atom stereocenters. The van der Waals surface area contributed by atoms with Gasteiger partial charge in [-0.3, -0.25) is 0 Å². The molecular formula is C80H51B2N5O2S2. The number of nitrogens with zero attached hydrogens (tertiary/aromatic N) is 5. The molecule has 0 bridgehead atoms. The molecule has 0 saturated carbocycles. The topological polar surface area (TPSA) is 34.7 Å². The van der Waals surface area contributed by atoms with Crippen LogP contribution in [0.5, 0.6) is 22.3 Å². The highest BCUT2D eigenvalue weighted by molar-refractivity contribution is 7.23. The van der Waals surface area contributed by atoms with Gasteiger partial charge in [-0.25, -0.2) is 0 Å². The molecule has 11 heteroatoms. The van der Waals surface area contributed by atoms with Crippen molar-refractivity contribution in [1.29, 1.82) is 0 Å². The SMILES string of the molecule is c1ccc(-c2cc3c(s2)Oc2cc(N(c4ccccc4)c4ccccc4)cc4c2B3c2cc3c(cc2N4c2ccccc2)B2c4cc(-c5ccccc5)sc4N(c4ccccc4)c4cc(N5c6ccccc6Oc6ccccc65)cc(c42)N3c2ccccc2)cc1. The lowest BCUT2D eigenvalue weighted by molar-refractivity contribution is 0.477. The van der Waals surface area contributed by atoms with Crippen LogP contribution in [0.25, 0.3) is 20.9 Å². The van der Waals surface area contributed by atoms with Gasteiger partial charge in [0.2, 0.25) is 0 Å². The third-order valence-electron chi connectivity index (χ3n) is 18.4. The maximum absolute atomic E-state index is 7.48. The van der Waals surface area contributed by atoms with Crippen molar-refractivity contribution in [2.24, 2.45) is 0 Å². The van der Waals surface area contributed by atoms with Gasteiger partial charge in [-0.1, -0.05) is 187 Å². The summed E-state index contributed by atoms with van der Waals surface area (Å²) in [6.07, 6.45) is 0. The van der Waals surface area contributed by atoms with E-state index in [-0.39, 0.29) is 13.4 Å². The van der Waals surface area contributed by atoms with E-state index in [1.54, 1.807) is 11.3 Å². The maximum Gasteiger partial charge on any atom is 0.257 e. The minimum absolute atomic E-state index is 0.212. The molecule has 0 spiro atoms. The third kappa shape index (κ3) is 8.14. The van der Waals surface area contributed by atoms with Crippen LogP contribution in [-0.4, -0.2) is 13.4 Å². The molecule has 0 saturated heterocycles. The molecule has 91 heavy (non-hydrogen) atoms. The first-order valence-electron chi connectivity index (χ1n) is 30.9. The molecule has 0 amide bonds. The summed E-state index contributed by atoms with van der Waals surface area (Å²) in [5.74, 6) is 2.44. The van der Waals surface area contributed by atoms with E-state index in [9.17, 15) is 0 Å². The number of ether oxygens (including phenoxy) is 2. The summed E-state index contributed by atoms with van der Waals surface area (Å²) in [5.41, 5.74) is 24.4. The minimum Gasteiger partial charge on any atom is -0.453 e. The van der Waals surface area contributed by atoms with Gasteiger partial charge in [0.15, 0.2) is 16.6 Å². The van der Waals surface area contributed by atoms with Crippen molar-refractivity contribution in [3.63, 3.8) is 0 Å². The number of hydrogen-bond donors (Lipinski definition) is 0. The molecule has 19 rings (SSSR count). The zero-order valence-electron chi connectivity index (χ0n) is 49.0. The molecule has 0 radical (unpaired) electrons. The van der Waals surface area contributed by atoms with Crippen LogP contribution in [0.2, 0.25) is 0 Å². The highest BCUT2D eigenvalue weighted by atomic mass is 32.1. The molecule has 2 aromatic heterocycles. The first-order chi connectivity index (χ1) is 45.1. The zero-order chi connectivity index (χ0) is 59.7. The highest BCUT2D eigenvalue weighted by Gasteiger charge is 2.50. The lowest BCUT2D eigenvalue weighted by Gasteiger charge is -2.46. The molecule has 0 atom stereocenters. The van der Waals surface area contributed by atoms with Crippen molar-refractivity contribution in [3.05, 3.63) is 309 Å². The number of fused-ring (bicyclic) bond motifs is 10. The summed E-state index contributed by atoms with van der Waals surface area (Å²) in [7, 11) is 0. The number of hydrogen-bond acceptors (Lipinski definition) is 9. The molecule has 12 aromatic carbocycles. The molecule has 426 valence electrons. The molecule has 0 N–H and O–H groups in total. The van der Waals surface area contributed by atoms with Crippen molar-refractivity contribution >= 4 is 154 Å². The van der Waals surface area contributed by atoms with E-state index in [0.717, 1.165) is 123 Å². The molecule has 5 aliphatic heterocycles. The van der Waals surface area contributed by atoms with Crippen molar-refractivity contribution in [3.8, 4) is 43.2 Å². The smallest absolute Gasteiger partial charge is 0.257 e. The molecule has 7 heterocycles. The van der Waals surface area contributed by atoms with Gasteiger partial charge in [-0.2, -0.15) is 0 Å². The summed E-state index contributed by atoms with van der Waals surface area (Å²) in [4.78, 5) is 14.8. The Morgan fingerprint density at radius 1 is 0.275 bits per heavy atom. The van der Waals surface area contributed by atoms with E-state index in [1.165, 1.54) is 37.3 Å². The number of anilines is 15. The van der Waals surface area contributed by atoms with Gasteiger partial charge in [0, 0.05) is 72.7 Å². The van der Waals surface area contributed by atoms with Gasteiger partial charge < -0.3 is 34.0 Å². The molecule has 5 aliphatic rings. The van der Waals surface area contributed by atoms with Gasteiger partial charge in [0.1, 0.15) is 5.75 Å². The van der Waals surface area contributed by atoms with Crippen LogP contribution in [0.15, 0.2) is 309 Å². The fourth-order valence-corrected chi connectivity index (χ4v) is 16.9. The number of thiophene rings is 2. The van der Waals surface area contributed by atoms with Crippen molar-refractivity contribution in [2.45, 2.75) is 0 Å². The van der Waals surface area contributed by atoms with Gasteiger partial charge in [0.05, 0.1) is 27.8 Å². The fraction of sp³-hybridized carbons (Fsp3) is 0. The predicted molar refractivity (Wildman–Crippen MR) is 382 cm³/mol. The average molecular weight is 1200 g/mol. The second kappa shape index (κ2) is 20.7. The van der Waals surface area contributed by atoms with Gasteiger partial charge in [0.25, 0.3) is 13.4 Å². The lowest BCUT2D eigenvalue weighted by Crippen LogP contribution is -2.63. The van der Waals surface area contributed by atoms with Crippen LogP contribution in [0.1, 0.15) is 0 Å². The number of benzene rings is 12. The molecular weight excluding hydrogens is 1150 g/mol. The van der Waals surface area contributed by atoms with Gasteiger partial charge >= 0.3 is 0 Å². The normalized spacial score (nSPS) is 13.3. The Morgan fingerprint density at radius 3 is 1.23 bits per heavy atom. The van der Waals surface area contributed by atoms with Crippen molar-refractivity contribution in [1.82, 2.24) is 0 Å². The van der Waals surface area contributed by atoms with Crippen molar-refractivity contribution in [2.75, 3.05) is 24.5 Å². The first-order valence-corrected chi connectivity index (χ1v) is 32.5. The standard InChI is InChI=1S/C80H51B2N5O2S2/c1-8-26-52(27-9-1)75-50-63-79(90-75)87(58-38-20-7-21-39-58)70-45-59(86-65-40-22-24-42-72(65)88-73-43-25-23-41-66(73)86)44-69-77(70)81(63)61-48-68-62(49-67(61)84(69)56-34-16-5-17-35-56)82-64-51-76(53-28-10-2-11-29-53)91-80(64)89-74-47-60(46-71(78(74)82)85(68)57-36-18-6-19-37-57)83(54-30-12-3-13-31-54)55-32-14-4-15-33-55/h1-51H. The predicted octanol–water partition coefficient (Wildman–Crippen LogP) is 18.7. The van der Waals surface area contributed by atoms with Crippen LogP contribution in [0.3, 0.4) is 0 Å². The third-order valence-corrected chi connectivity index (χ3v) is 20.7. The Balaban J connectivity index is 0.932.